The van der Waals surface area contributed by atoms with Crippen LogP contribution in [0.5, 0.6) is 5.75 Å². The number of rotatable bonds is 5. The summed E-state index contributed by atoms with van der Waals surface area (Å²) in [4.78, 5) is 14.7. The van der Waals surface area contributed by atoms with Gasteiger partial charge in [-0.3, -0.25) is 0 Å². The molecule has 0 fully saturated rings. The maximum atomic E-state index is 10.9. The Balaban J connectivity index is 2.11. The van der Waals surface area contributed by atoms with Gasteiger partial charge in [-0.05, 0) is 38.1 Å². The van der Waals surface area contributed by atoms with E-state index in [1.165, 1.54) is 16.8 Å². The van der Waals surface area contributed by atoms with E-state index in [0.717, 1.165) is 11.4 Å². The average molecular weight is 278 g/mol. The Labute approximate surface area is 114 Å². The number of nitrogens with zero attached hydrogens (tertiary/aromatic N) is 1. The van der Waals surface area contributed by atoms with Crippen molar-refractivity contribution in [1.82, 2.24) is 4.98 Å². The van der Waals surface area contributed by atoms with Crippen LogP contribution in [0.25, 0.3) is 0 Å². The summed E-state index contributed by atoms with van der Waals surface area (Å²) in [5, 5.41) is 12.5. The third-order valence-electron chi connectivity index (χ3n) is 2.25. The Morgan fingerprint density at radius 3 is 2.63 bits per heavy atom. The van der Waals surface area contributed by atoms with Crippen molar-refractivity contribution in [2.45, 2.75) is 20.0 Å². The van der Waals surface area contributed by atoms with E-state index in [2.05, 4.69) is 10.3 Å². The minimum absolute atomic E-state index is 0.0347. The molecule has 100 valence electrons. The number of carboxylic acid groups (broad SMARTS) is 1. The summed E-state index contributed by atoms with van der Waals surface area (Å²) in [7, 11) is 0. The van der Waals surface area contributed by atoms with Crippen LogP contribution in [0.3, 0.4) is 0 Å². The predicted octanol–water partition coefficient (Wildman–Crippen LogP) is 3.37. The molecule has 2 aromatic rings. The second-order valence-corrected chi connectivity index (χ2v) is 5.01. The molecule has 0 saturated carbocycles. The Kier molecular flexibility index (Phi) is 4.01. The van der Waals surface area contributed by atoms with E-state index in [-0.39, 0.29) is 11.8 Å². The van der Waals surface area contributed by atoms with Gasteiger partial charge in [0.05, 0.1) is 11.6 Å². The lowest BCUT2D eigenvalue weighted by Gasteiger charge is -2.10. The first-order chi connectivity index (χ1) is 9.06. The minimum Gasteiger partial charge on any atom is -0.491 e. The largest absolute Gasteiger partial charge is 0.491 e. The van der Waals surface area contributed by atoms with Gasteiger partial charge in [-0.2, -0.15) is 0 Å². The van der Waals surface area contributed by atoms with E-state index in [4.69, 9.17) is 9.84 Å². The lowest BCUT2D eigenvalue weighted by molar-refractivity contribution is 0.0692. The van der Waals surface area contributed by atoms with Crippen molar-refractivity contribution in [1.29, 1.82) is 0 Å². The van der Waals surface area contributed by atoms with E-state index >= 15 is 0 Å². The molecular formula is C13H14N2O3S. The molecule has 5 nitrogen and oxygen atoms in total. The normalized spacial score (nSPS) is 10.5. The Morgan fingerprint density at radius 1 is 1.37 bits per heavy atom. The van der Waals surface area contributed by atoms with E-state index in [0.29, 0.717) is 5.00 Å². The topological polar surface area (TPSA) is 71.5 Å². The number of anilines is 2. The number of carboxylic acids is 1. The third kappa shape index (κ3) is 3.45. The van der Waals surface area contributed by atoms with Crippen molar-refractivity contribution in [3.63, 3.8) is 0 Å². The average Bonchev–Trinajstić information content (AvgIpc) is 2.79. The molecule has 0 amide bonds. The van der Waals surface area contributed by atoms with Gasteiger partial charge < -0.3 is 15.2 Å². The van der Waals surface area contributed by atoms with Crippen LogP contribution in [-0.4, -0.2) is 22.2 Å². The second-order valence-electron chi connectivity index (χ2n) is 4.15. The SMILES string of the molecule is CC(C)Oc1ccc(Nc2scnc2C(=O)O)cc1. The lowest BCUT2D eigenvalue weighted by atomic mass is 10.3. The summed E-state index contributed by atoms with van der Waals surface area (Å²) in [6.45, 7) is 3.92. The summed E-state index contributed by atoms with van der Waals surface area (Å²) >= 11 is 1.25. The lowest BCUT2D eigenvalue weighted by Crippen LogP contribution is -2.05. The highest BCUT2D eigenvalue weighted by atomic mass is 32.1. The van der Waals surface area contributed by atoms with Gasteiger partial charge in [0, 0.05) is 5.69 Å². The highest BCUT2D eigenvalue weighted by Crippen LogP contribution is 2.26. The fourth-order valence-corrected chi connectivity index (χ4v) is 2.20. The summed E-state index contributed by atoms with van der Waals surface area (Å²) < 4.78 is 5.53. The fraction of sp³-hybridized carbons (Fsp3) is 0.231. The Bertz CT molecular complexity index is 564. The van der Waals surface area contributed by atoms with E-state index in [9.17, 15) is 4.79 Å². The van der Waals surface area contributed by atoms with Crippen LogP contribution in [0.2, 0.25) is 0 Å². The molecule has 6 heteroatoms. The zero-order chi connectivity index (χ0) is 13.8. The maximum Gasteiger partial charge on any atom is 0.357 e. The summed E-state index contributed by atoms with van der Waals surface area (Å²) in [5.41, 5.74) is 2.33. The number of nitrogens with one attached hydrogen (secondary N) is 1. The zero-order valence-electron chi connectivity index (χ0n) is 10.6. The molecule has 0 saturated heterocycles. The van der Waals surface area contributed by atoms with Crippen molar-refractivity contribution in [2.24, 2.45) is 0 Å². The molecule has 2 N–H and O–H groups in total. The molecule has 0 aliphatic heterocycles. The number of hydrogen-bond acceptors (Lipinski definition) is 5. The molecular weight excluding hydrogens is 264 g/mol. The molecule has 1 aromatic heterocycles. The first kappa shape index (κ1) is 13.4. The van der Waals surface area contributed by atoms with Crippen molar-refractivity contribution in [3.05, 3.63) is 35.5 Å². The molecule has 1 heterocycles. The molecule has 1 aromatic carbocycles. The first-order valence-electron chi connectivity index (χ1n) is 5.77. The number of aromatic nitrogens is 1. The molecule has 0 atom stereocenters. The number of benzene rings is 1. The number of aromatic carboxylic acids is 1. The number of ether oxygens (including phenoxy) is 1. The molecule has 2 rings (SSSR count). The van der Waals surface area contributed by atoms with Crippen LogP contribution in [0.15, 0.2) is 29.8 Å². The number of carbonyl (C=O) groups is 1. The number of thiazole rings is 1. The van der Waals surface area contributed by atoms with Gasteiger partial charge >= 0.3 is 5.97 Å². The standard InChI is InChI=1S/C13H14N2O3S/c1-8(2)18-10-5-3-9(4-6-10)15-12-11(13(16)17)14-7-19-12/h3-8,15H,1-2H3,(H,16,17). The van der Waals surface area contributed by atoms with Crippen LogP contribution in [0, 0.1) is 0 Å². The molecule has 0 aliphatic carbocycles. The zero-order valence-corrected chi connectivity index (χ0v) is 11.4. The molecule has 0 spiro atoms. The van der Waals surface area contributed by atoms with E-state index < -0.39 is 5.97 Å². The van der Waals surface area contributed by atoms with Gasteiger partial charge in [-0.25, -0.2) is 9.78 Å². The fourth-order valence-electron chi connectivity index (χ4n) is 1.51. The monoisotopic (exact) mass is 278 g/mol. The van der Waals surface area contributed by atoms with E-state index in [1.807, 2.05) is 38.1 Å². The van der Waals surface area contributed by atoms with Gasteiger partial charge in [0.25, 0.3) is 0 Å². The second kappa shape index (κ2) is 5.71. The van der Waals surface area contributed by atoms with Crippen LogP contribution in [-0.2, 0) is 0 Å². The minimum atomic E-state index is -1.04. The number of hydrogen-bond donors (Lipinski definition) is 2. The third-order valence-corrected chi connectivity index (χ3v) is 3.00. The van der Waals surface area contributed by atoms with Crippen molar-refractivity contribution in [2.75, 3.05) is 5.32 Å². The first-order valence-corrected chi connectivity index (χ1v) is 6.64. The molecule has 0 bridgehead atoms. The van der Waals surface area contributed by atoms with Gasteiger partial charge in [0.2, 0.25) is 0 Å². The van der Waals surface area contributed by atoms with E-state index in [1.54, 1.807) is 0 Å². The van der Waals surface area contributed by atoms with Gasteiger partial charge in [0.1, 0.15) is 10.8 Å². The Morgan fingerprint density at radius 2 is 2.05 bits per heavy atom. The van der Waals surface area contributed by atoms with Crippen molar-refractivity contribution < 1.29 is 14.6 Å². The molecule has 19 heavy (non-hydrogen) atoms. The molecule has 0 radical (unpaired) electrons. The quantitative estimate of drug-likeness (QED) is 0.877. The van der Waals surface area contributed by atoms with Crippen LogP contribution < -0.4 is 10.1 Å². The highest BCUT2D eigenvalue weighted by Gasteiger charge is 2.13. The van der Waals surface area contributed by atoms with Crippen molar-refractivity contribution in [3.8, 4) is 5.75 Å². The van der Waals surface area contributed by atoms with Crippen LogP contribution in [0.1, 0.15) is 24.3 Å². The van der Waals surface area contributed by atoms with Crippen LogP contribution in [0.4, 0.5) is 10.7 Å². The maximum absolute atomic E-state index is 10.9. The molecule has 0 unspecified atom stereocenters. The summed E-state index contributed by atoms with van der Waals surface area (Å²) in [5.74, 6) is -0.258. The molecule has 0 aliphatic rings. The summed E-state index contributed by atoms with van der Waals surface area (Å²) in [6, 6.07) is 7.35. The van der Waals surface area contributed by atoms with Crippen LogP contribution >= 0.6 is 11.3 Å². The summed E-state index contributed by atoms with van der Waals surface area (Å²) in [6.07, 6.45) is 0.124. The Hall–Kier alpha value is -2.08. The highest BCUT2D eigenvalue weighted by molar-refractivity contribution is 7.14. The van der Waals surface area contributed by atoms with Gasteiger partial charge in [-0.1, -0.05) is 0 Å². The van der Waals surface area contributed by atoms with Gasteiger partial charge in [0.15, 0.2) is 5.69 Å². The van der Waals surface area contributed by atoms with Gasteiger partial charge in [-0.15, -0.1) is 11.3 Å². The van der Waals surface area contributed by atoms with Crippen molar-refractivity contribution >= 4 is 28.0 Å². The predicted molar refractivity (Wildman–Crippen MR) is 74.6 cm³/mol. The smallest absolute Gasteiger partial charge is 0.357 e.